The molecule has 0 aliphatic rings. The number of nitrogens with one attached hydrogen (secondary N) is 1. The van der Waals surface area contributed by atoms with Crippen molar-refractivity contribution in [3.63, 3.8) is 0 Å². The van der Waals surface area contributed by atoms with E-state index < -0.39 is 6.10 Å². The molecule has 3 aromatic rings. The third kappa shape index (κ3) is 4.55. The van der Waals surface area contributed by atoms with Gasteiger partial charge in [0.2, 0.25) is 5.13 Å². The number of rotatable bonds is 7. The Labute approximate surface area is 165 Å². The summed E-state index contributed by atoms with van der Waals surface area (Å²) in [6.07, 6.45) is -0.793. The van der Waals surface area contributed by atoms with Gasteiger partial charge in [-0.15, -0.1) is 0 Å². The van der Waals surface area contributed by atoms with E-state index in [1.165, 1.54) is 24.3 Å². The first kappa shape index (κ1) is 19.6. The molecule has 146 valence electrons. The molecule has 1 amide bonds. The first-order valence-corrected chi connectivity index (χ1v) is 9.06. The van der Waals surface area contributed by atoms with Crippen molar-refractivity contribution in [2.45, 2.75) is 13.0 Å². The van der Waals surface area contributed by atoms with Gasteiger partial charge in [-0.2, -0.15) is 9.36 Å². The van der Waals surface area contributed by atoms with Crippen LogP contribution in [0.2, 0.25) is 0 Å². The molecule has 0 radical (unpaired) electrons. The number of carbonyl (C=O) groups excluding carboxylic acids is 1. The molecule has 7 nitrogen and oxygen atoms in total. The van der Waals surface area contributed by atoms with Crippen LogP contribution in [0.5, 0.6) is 17.2 Å². The summed E-state index contributed by atoms with van der Waals surface area (Å²) >= 11 is 1.05. The number of nitrogens with zero attached hydrogens (tertiary/aromatic N) is 2. The van der Waals surface area contributed by atoms with Crippen molar-refractivity contribution in [3.8, 4) is 28.6 Å². The highest BCUT2D eigenvalue weighted by molar-refractivity contribution is 7.10. The summed E-state index contributed by atoms with van der Waals surface area (Å²) in [5, 5.41) is 3.00. The van der Waals surface area contributed by atoms with E-state index in [-0.39, 0.29) is 11.7 Å². The van der Waals surface area contributed by atoms with Gasteiger partial charge >= 0.3 is 0 Å². The molecule has 2 aromatic carbocycles. The van der Waals surface area contributed by atoms with Crippen LogP contribution in [0.15, 0.2) is 42.5 Å². The fourth-order valence-electron chi connectivity index (χ4n) is 2.34. The normalized spacial score (nSPS) is 11.6. The van der Waals surface area contributed by atoms with Crippen LogP contribution < -0.4 is 19.5 Å². The Balaban J connectivity index is 1.66. The van der Waals surface area contributed by atoms with Gasteiger partial charge in [-0.1, -0.05) is 0 Å². The summed E-state index contributed by atoms with van der Waals surface area (Å²) in [5.74, 6) is 1.24. The lowest BCUT2D eigenvalue weighted by molar-refractivity contribution is -0.122. The van der Waals surface area contributed by atoms with Gasteiger partial charge in [0, 0.05) is 17.1 Å². The van der Waals surface area contributed by atoms with Gasteiger partial charge in [-0.05, 0) is 49.4 Å². The molecule has 0 aliphatic carbocycles. The van der Waals surface area contributed by atoms with Gasteiger partial charge < -0.3 is 14.2 Å². The molecule has 9 heteroatoms. The molecule has 1 atom stereocenters. The number of anilines is 1. The Hall–Kier alpha value is -3.20. The predicted octanol–water partition coefficient (Wildman–Crippen LogP) is 3.77. The second-order valence-corrected chi connectivity index (χ2v) is 6.45. The molecule has 28 heavy (non-hydrogen) atoms. The van der Waals surface area contributed by atoms with Crippen molar-refractivity contribution >= 4 is 22.6 Å². The van der Waals surface area contributed by atoms with E-state index in [4.69, 9.17) is 14.2 Å². The van der Waals surface area contributed by atoms with Crippen LogP contribution in [0.25, 0.3) is 11.4 Å². The minimum atomic E-state index is -0.793. The number of amides is 1. The molecule has 0 saturated heterocycles. The number of benzene rings is 2. The third-order valence-corrected chi connectivity index (χ3v) is 4.42. The SMILES string of the molecule is COc1ccc(-c2nsc(NC(=O)C(C)Oc3ccc(F)cc3)n2)cc1OC. The van der Waals surface area contributed by atoms with E-state index in [2.05, 4.69) is 14.7 Å². The Morgan fingerprint density at radius 2 is 1.82 bits per heavy atom. The Morgan fingerprint density at radius 1 is 1.11 bits per heavy atom. The Morgan fingerprint density at radius 3 is 2.50 bits per heavy atom. The van der Waals surface area contributed by atoms with Crippen LogP contribution in [0, 0.1) is 5.82 Å². The molecule has 0 bridgehead atoms. The van der Waals surface area contributed by atoms with Crippen LogP contribution in [0.4, 0.5) is 9.52 Å². The quantitative estimate of drug-likeness (QED) is 0.647. The number of aromatic nitrogens is 2. The largest absolute Gasteiger partial charge is 0.493 e. The van der Waals surface area contributed by atoms with Crippen LogP contribution in [0.3, 0.4) is 0 Å². The highest BCUT2D eigenvalue weighted by Crippen LogP contribution is 2.32. The lowest BCUT2D eigenvalue weighted by Crippen LogP contribution is -2.30. The molecular formula is C19H18FN3O4S. The van der Waals surface area contributed by atoms with Crippen molar-refractivity contribution in [2.24, 2.45) is 0 Å². The van der Waals surface area contributed by atoms with Crippen molar-refractivity contribution in [1.29, 1.82) is 0 Å². The molecule has 1 unspecified atom stereocenters. The van der Waals surface area contributed by atoms with Crippen LogP contribution in [0.1, 0.15) is 6.92 Å². The second kappa shape index (κ2) is 8.66. The number of ether oxygens (including phenoxy) is 3. The standard InChI is InChI=1S/C19H18FN3O4S/c1-11(27-14-7-5-13(20)6-8-14)18(24)22-19-21-17(23-28-19)12-4-9-15(25-2)16(10-12)26-3/h4-11H,1-3H3,(H,21,22,23,24). The van der Waals surface area contributed by atoms with E-state index in [9.17, 15) is 9.18 Å². The lowest BCUT2D eigenvalue weighted by atomic mass is 10.2. The first-order valence-electron chi connectivity index (χ1n) is 8.29. The highest BCUT2D eigenvalue weighted by Gasteiger charge is 2.18. The smallest absolute Gasteiger partial charge is 0.266 e. The molecule has 1 aromatic heterocycles. The van der Waals surface area contributed by atoms with Crippen molar-refractivity contribution in [3.05, 3.63) is 48.3 Å². The summed E-state index contributed by atoms with van der Waals surface area (Å²) in [7, 11) is 3.10. The third-order valence-electron chi connectivity index (χ3n) is 3.79. The molecule has 1 heterocycles. The van der Waals surface area contributed by atoms with Crippen LogP contribution in [-0.4, -0.2) is 35.6 Å². The average Bonchev–Trinajstić information content (AvgIpc) is 3.17. The summed E-state index contributed by atoms with van der Waals surface area (Å²) in [5.41, 5.74) is 0.727. The maximum absolute atomic E-state index is 12.9. The Kier molecular flexibility index (Phi) is 6.05. The van der Waals surface area contributed by atoms with Gasteiger partial charge in [-0.25, -0.2) is 4.39 Å². The summed E-state index contributed by atoms with van der Waals surface area (Å²) in [6.45, 7) is 1.59. The van der Waals surface area contributed by atoms with Crippen molar-refractivity contribution < 1.29 is 23.4 Å². The van der Waals surface area contributed by atoms with E-state index in [1.54, 1.807) is 39.3 Å². The lowest BCUT2D eigenvalue weighted by Gasteiger charge is -2.13. The number of methoxy groups -OCH3 is 2. The fraction of sp³-hybridized carbons (Fsp3) is 0.211. The van der Waals surface area contributed by atoms with Crippen molar-refractivity contribution in [2.75, 3.05) is 19.5 Å². The summed E-state index contributed by atoms with van der Waals surface area (Å²) < 4.78 is 33.2. The average molecular weight is 403 g/mol. The van der Waals surface area contributed by atoms with Crippen molar-refractivity contribution in [1.82, 2.24) is 9.36 Å². The molecule has 0 spiro atoms. The van der Waals surface area contributed by atoms with E-state index in [0.717, 1.165) is 17.1 Å². The van der Waals surface area contributed by atoms with Crippen LogP contribution in [-0.2, 0) is 4.79 Å². The monoisotopic (exact) mass is 403 g/mol. The van der Waals surface area contributed by atoms with E-state index in [0.29, 0.717) is 28.2 Å². The van der Waals surface area contributed by atoms with E-state index >= 15 is 0 Å². The van der Waals surface area contributed by atoms with E-state index in [1.807, 2.05) is 0 Å². The van der Waals surface area contributed by atoms with Gasteiger partial charge in [0.15, 0.2) is 23.4 Å². The Bertz CT molecular complexity index is 962. The maximum Gasteiger partial charge on any atom is 0.266 e. The number of halogens is 1. The van der Waals surface area contributed by atoms with Gasteiger partial charge in [0.1, 0.15) is 11.6 Å². The van der Waals surface area contributed by atoms with Crippen LogP contribution >= 0.6 is 11.5 Å². The maximum atomic E-state index is 12.9. The minimum Gasteiger partial charge on any atom is -0.493 e. The number of carbonyl (C=O) groups is 1. The summed E-state index contributed by atoms with van der Waals surface area (Å²) in [4.78, 5) is 16.6. The topological polar surface area (TPSA) is 82.6 Å². The molecule has 0 aliphatic heterocycles. The molecular weight excluding hydrogens is 385 g/mol. The molecule has 3 rings (SSSR count). The fourth-order valence-corrected chi connectivity index (χ4v) is 2.94. The minimum absolute atomic E-state index is 0.337. The zero-order chi connectivity index (χ0) is 20.1. The predicted molar refractivity (Wildman–Crippen MR) is 104 cm³/mol. The molecule has 0 saturated carbocycles. The first-order chi connectivity index (χ1) is 13.5. The molecule has 0 fully saturated rings. The summed E-state index contributed by atoms with van der Waals surface area (Å²) in [6, 6.07) is 10.8. The molecule has 1 N–H and O–H groups in total. The highest BCUT2D eigenvalue weighted by atomic mass is 32.1. The number of hydrogen-bond donors (Lipinski definition) is 1. The zero-order valence-corrected chi connectivity index (χ0v) is 16.2. The second-order valence-electron chi connectivity index (χ2n) is 5.70. The number of hydrogen-bond acceptors (Lipinski definition) is 7. The zero-order valence-electron chi connectivity index (χ0n) is 15.4. The van der Waals surface area contributed by atoms with Gasteiger partial charge in [-0.3, -0.25) is 10.1 Å². The van der Waals surface area contributed by atoms with Gasteiger partial charge in [0.05, 0.1) is 14.2 Å². The van der Waals surface area contributed by atoms with Gasteiger partial charge in [0.25, 0.3) is 5.91 Å².